The fraction of sp³-hybridized carbons (Fsp3) is 0. The van der Waals surface area contributed by atoms with Crippen molar-refractivity contribution in [2.45, 2.75) is 0 Å². The standard InChI is InChI=1S/C9H6BrNO/c10-9-3-1-7(2-4-9)8-5-11(12)6-8/h1-6H. The summed E-state index contributed by atoms with van der Waals surface area (Å²) in [7, 11) is 0. The van der Waals surface area contributed by atoms with Crippen molar-refractivity contribution in [1.82, 2.24) is 0 Å². The van der Waals surface area contributed by atoms with Crippen LogP contribution in [0.1, 0.15) is 5.56 Å². The van der Waals surface area contributed by atoms with Gasteiger partial charge in [-0.05, 0) is 17.7 Å². The van der Waals surface area contributed by atoms with Gasteiger partial charge < -0.3 is 5.21 Å². The Bertz CT molecular complexity index is 365. The topological polar surface area (TPSA) is 26.1 Å². The van der Waals surface area contributed by atoms with Gasteiger partial charge in [-0.1, -0.05) is 28.1 Å². The highest BCUT2D eigenvalue weighted by Crippen LogP contribution is 2.19. The molecule has 0 radical (unpaired) electrons. The second-order valence-electron chi connectivity index (χ2n) is 2.58. The molecular formula is C9H6BrNO. The second kappa shape index (κ2) is 2.75. The zero-order valence-electron chi connectivity index (χ0n) is 6.20. The van der Waals surface area contributed by atoms with Crippen LogP contribution in [0.15, 0.2) is 34.9 Å². The molecule has 0 saturated heterocycles. The summed E-state index contributed by atoms with van der Waals surface area (Å²) in [5, 5.41) is 10.5. The van der Waals surface area contributed by atoms with Gasteiger partial charge in [-0.25, -0.2) is 0 Å². The minimum Gasteiger partial charge on any atom is -0.619 e. The van der Waals surface area contributed by atoms with E-state index in [2.05, 4.69) is 15.9 Å². The summed E-state index contributed by atoms with van der Waals surface area (Å²) in [4.78, 5) is 0. The number of halogens is 1. The fourth-order valence-corrected chi connectivity index (χ4v) is 1.32. The summed E-state index contributed by atoms with van der Waals surface area (Å²) < 4.78 is 1.85. The minimum atomic E-state index is 0.803. The Labute approximate surface area is 78.6 Å². The van der Waals surface area contributed by atoms with Crippen LogP contribution < -0.4 is 0 Å². The third kappa shape index (κ3) is 1.28. The van der Waals surface area contributed by atoms with Crippen molar-refractivity contribution < 1.29 is 4.74 Å². The molecule has 0 spiro atoms. The van der Waals surface area contributed by atoms with Gasteiger partial charge >= 0.3 is 0 Å². The Hall–Kier alpha value is -1.09. The molecule has 0 aliphatic carbocycles. The van der Waals surface area contributed by atoms with Gasteiger partial charge in [0.15, 0.2) is 12.4 Å². The lowest BCUT2D eigenvalue weighted by Gasteiger charge is -2.08. The molecule has 0 bridgehead atoms. The van der Waals surface area contributed by atoms with Crippen LogP contribution in [-0.2, 0) is 0 Å². The Morgan fingerprint density at radius 1 is 1.17 bits per heavy atom. The molecule has 1 heterocycles. The molecule has 1 aliphatic heterocycles. The molecule has 0 aromatic heterocycles. The van der Waals surface area contributed by atoms with E-state index in [1.54, 1.807) is 12.4 Å². The van der Waals surface area contributed by atoms with E-state index in [9.17, 15) is 5.21 Å². The Balaban J connectivity index is 2.26. The summed E-state index contributed by atoms with van der Waals surface area (Å²) in [6.07, 6.45) is 3.12. The first-order valence-electron chi connectivity index (χ1n) is 3.54. The summed E-state index contributed by atoms with van der Waals surface area (Å²) in [5.41, 5.74) is 2.06. The fourth-order valence-electron chi connectivity index (χ4n) is 1.05. The maximum Gasteiger partial charge on any atom is 0.194 e. The number of benzene rings is 1. The van der Waals surface area contributed by atoms with Crippen molar-refractivity contribution in [3.8, 4) is 0 Å². The molecule has 0 N–H and O–H groups in total. The molecule has 0 amide bonds. The first-order chi connectivity index (χ1) is 5.75. The van der Waals surface area contributed by atoms with E-state index in [1.807, 2.05) is 24.3 Å². The SMILES string of the molecule is [O-][N+]1=CC(c2ccc(Br)cc2)=C1. The smallest absolute Gasteiger partial charge is 0.194 e. The van der Waals surface area contributed by atoms with Crippen LogP contribution >= 0.6 is 15.9 Å². The normalized spacial score (nSPS) is 14.8. The summed E-state index contributed by atoms with van der Waals surface area (Å²) in [6, 6.07) is 7.85. The van der Waals surface area contributed by atoms with Crippen LogP contribution in [0.5, 0.6) is 0 Å². The van der Waals surface area contributed by atoms with Crippen LogP contribution in [-0.4, -0.2) is 11.0 Å². The van der Waals surface area contributed by atoms with Crippen molar-refractivity contribution >= 4 is 27.7 Å². The summed E-state index contributed by atoms with van der Waals surface area (Å²) >= 11 is 3.34. The molecule has 2 nitrogen and oxygen atoms in total. The van der Waals surface area contributed by atoms with Crippen LogP contribution in [0.2, 0.25) is 0 Å². The van der Waals surface area contributed by atoms with Crippen molar-refractivity contribution in [1.29, 1.82) is 0 Å². The van der Waals surface area contributed by atoms with Gasteiger partial charge in [0, 0.05) is 4.47 Å². The van der Waals surface area contributed by atoms with Gasteiger partial charge in [-0.2, -0.15) is 4.74 Å². The molecule has 0 unspecified atom stereocenters. The molecule has 1 aromatic rings. The lowest BCUT2D eigenvalue weighted by molar-refractivity contribution is -0.380. The van der Waals surface area contributed by atoms with Crippen molar-refractivity contribution in [3.63, 3.8) is 0 Å². The predicted octanol–water partition coefficient (Wildman–Crippen LogP) is 2.38. The molecule has 1 aromatic carbocycles. The van der Waals surface area contributed by atoms with Gasteiger partial charge in [-0.15, -0.1) is 0 Å². The average Bonchev–Trinajstić information content (AvgIpc) is 2.01. The van der Waals surface area contributed by atoms with E-state index in [4.69, 9.17) is 0 Å². The number of hydrogen-bond donors (Lipinski definition) is 0. The first-order valence-corrected chi connectivity index (χ1v) is 4.33. The number of nitrogens with zero attached hydrogens (tertiary/aromatic N) is 1. The van der Waals surface area contributed by atoms with Gasteiger partial charge in [0.1, 0.15) is 5.57 Å². The van der Waals surface area contributed by atoms with Crippen molar-refractivity contribution in [2.24, 2.45) is 0 Å². The van der Waals surface area contributed by atoms with E-state index in [0.717, 1.165) is 20.3 Å². The van der Waals surface area contributed by atoms with Gasteiger partial charge in [0.05, 0.1) is 0 Å². The monoisotopic (exact) mass is 223 g/mol. The van der Waals surface area contributed by atoms with Crippen LogP contribution in [0, 0.1) is 5.21 Å². The van der Waals surface area contributed by atoms with Gasteiger partial charge in [0.25, 0.3) is 0 Å². The highest BCUT2D eigenvalue weighted by atomic mass is 79.9. The molecule has 60 valence electrons. The molecule has 0 saturated carbocycles. The minimum absolute atomic E-state index is 0.803. The highest BCUT2D eigenvalue weighted by molar-refractivity contribution is 9.10. The number of hydroxylamine groups is 1. The molecular weight excluding hydrogens is 218 g/mol. The molecule has 1 aliphatic rings. The largest absolute Gasteiger partial charge is 0.619 e. The third-order valence-electron chi connectivity index (χ3n) is 1.71. The van der Waals surface area contributed by atoms with E-state index in [0.29, 0.717) is 0 Å². The van der Waals surface area contributed by atoms with E-state index in [1.165, 1.54) is 0 Å². The number of rotatable bonds is 1. The van der Waals surface area contributed by atoms with Crippen LogP contribution in [0.25, 0.3) is 5.57 Å². The number of hydrogen-bond acceptors (Lipinski definition) is 1. The Morgan fingerprint density at radius 3 is 2.25 bits per heavy atom. The summed E-state index contributed by atoms with van der Waals surface area (Å²) in [5.74, 6) is 0. The average molecular weight is 224 g/mol. The van der Waals surface area contributed by atoms with Gasteiger partial charge in [-0.3, -0.25) is 0 Å². The molecule has 0 atom stereocenters. The lowest BCUT2D eigenvalue weighted by atomic mass is 10.1. The molecule has 2 rings (SSSR count). The molecule has 0 fully saturated rings. The quantitative estimate of drug-likeness (QED) is 0.531. The van der Waals surface area contributed by atoms with Crippen LogP contribution in [0.3, 0.4) is 0 Å². The Kier molecular flexibility index (Phi) is 1.73. The molecule has 3 heteroatoms. The highest BCUT2D eigenvalue weighted by Gasteiger charge is 2.12. The van der Waals surface area contributed by atoms with E-state index >= 15 is 0 Å². The van der Waals surface area contributed by atoms with E-state index < -0.39 is 0 Å². The maximum atomic E-state index is 10.5. The zero-order chi connectivity index (χ0) is 8.55. The summed E-state index contributed by atoms with van der Waals surface area (Å²) in [6.45, 7) is 0. The van der Waals surface area contributed by atoms with Gasteiger partial charge in [0.2, 0.25) is 0 Å². The van der Waals surface area contributed by atoms with E-state index in [-0.39, 0.29) is 0 Å². The second-order valence-corrected chi connectivity index (χ2v) is 3.50. The van der Waals surface area contributed by atoms with Crippen LogP contribution in [0.4, 0.5) is 0 Å². The first kappa shape index (κ1) is 7.55. The third-order valence-corrected chi connectivity index (χ3v) is 2.24. The lowest BCUT2D eigenvalue weighted by Crippen LogP contribution is -2.09. The number of allylic oxidation sites excluding steroid dienone is 1. The predicted molar refractivity (Wildman–Crippen MR) is 51.8 cm³/mol. The molecule has 12 heavy (non-hydrogen) atoms. The maximum absolute atomic E-state index is 10.5. The van der Waals surface area contributed by atoms with Crippen molar-refractivity contribution in [2.75, 3.05) is 0 Å². The zero-order valence-corrected chi connectivity index (χ0v) is 7.78. The van der Waals surface area contributed by atoms with Crippen molar-refractivity contribution in [3.05, 3.63) is 45.7 Å². The Morgan fingerprint density at radius 2 is 1.75 bits per heavy atom.